The fraction of sp³-hybridized carbons (Fsp3) is 0.750. The molecule has 68 valence electrons. The van der Waals surface area contributed by atoms with E-state index in [1.807, 2.05) is 20.8 Å². The maximum absolute atomic E-state index is 10.1. The van der Waals surface area contributed by atoms with Crippen LogP contribution in [0.2, 0.25) is 0 Å². The SMILES string of the molecule is CC(C)(C)C(C)(O)c1cn[nH]n1. The number of aliphatic hydroxyl groups is 1. The molecule has 0 aromatic carbocycles. The van der Waals surface area contributed by atoms with E-state index in [1.165, 1.54) is 0 Å². The zero-order chi connectivity index (χ0) is 9.41. The Morgan fingerprint density at radius 2 is 1.92 bits per heavy atom. The lowest BCUT2D eigenvalue weighted by Gasteiger charge is -2.35. The van der Waals surface area contributed by atoms with Gasteiger partial charge in [0.1, 0.15) is 11.3 Å². The zero-order valence-electron chi connectivity index (χ0n) is 7.92. The van der Waals surface area contributed by atoms with Gasteiger partial charge in [0.25, 0.3) is 0 Å². The average Bonchev–Trinajstić information content (AvgIpc) is 2.34. The van der Waals surface area contributed by atoms with Crippen molar-refractivity contribution >= 4 is 0 Å². The van der Waals surface area contributed by atoms with Gasteiger partial charge in [0.05, 0.1) is 6.20 Å². The maximum Gasteiger partial charge on any atom is 0.114 e. The zero-order valence-corrected chi connectivity index (χ0v) is 7.92. The van der Waals surface area contributed by atoms with Gasteiger partial charge in [-0.1, -0.05) is 20.8 Å². The number of H-pyrrole nitrogens is 1. The minimum atomic E-state index is -0.944. The number of rotatable bonds is 1. The summed E-state index contributed by atoms with van der Waals surface area (Å²) in [4.78, 5) is 0. The van der Waals surface area contributed by atoms with Gasteiger partial charge >= 0.3 is 0 Å². The van der Waals surface area contributed by atoms with Gasteiger partial charge in [-0.15, -0.1) is 0 Å². The maximum atomic E-state index is 10.1. The molecule has 1 heterocycles. The van der Waals surface area contributed by atoms with E-state index >= 15 is 0 Å². The summed E-state index contributed by atoms with van der Waals surface area (Å²) >= 11 is 0. The van der Waals surface area contributed by atoms with E-state index in [2.05, 4.69) is 15.4 Å². The number of nitrogens with one attached hydrogen (secondary N) is 1. The third-order valence-corrected chi connectivity index (χ3v) is 2.37. The molecule has 1 aromatic rings. The van der Waals surface area contributed by atoms with Crippen molar-refractivity contribution in [1.82, 2.24) is 15.4 Å². The van der Waals surface area contributed by atoms with Gasteiger partial charge in [-0.3, -0.25) is 0 Å². The van der Waals surface area contributed by atoms with Crippen molar-refractivity contribution in [3.63, 3.8) is 0 Å². The van der Waals surface area contributed by atoms with Gasteiger partial charge in [-0.25, -0.2) is 0 Å². The molecule has 1 rings (SSSR count). The molecule has 4 heteroatoms. The van der Waals surface area contributed by atoms with Gasteiger partial charge < -0.3 is 5.11 Å². The minimum Gasteiger partial charge on any atom is -0.383 e. The molecule has 0 radical (unpaired) electrons. The Labute approximate surface area is 72.0 Å². The molecule has 12 heavy (non-hydrogen) atoms. The fourth-order valence-corrected chi connectivity index (χ4v) is 0.820. The third-order valence-electron chi connectivity index (χ3n) is 2.37. The van der Waals surface area contributed by atoms with Crippen LogP contribution in [0.1, 0.15) is 33.4 Å². The van der Waals surface area contributed by atoms with E-state index in [9.17, 15) is 5.11 Å². The summed E-state index contributed by atoms with van der Waals surface area (Å²) in [5.41, 5.74) is -0.612. The van der Waals surface area contributed by atoms with Gasteiger partial charge in [-0.2, -0.15) is 15.4 Å². The fourth-order valence-electron chi connectivity index (χ4n) is 0.820. The summed E-state index contributed by atoms with van der Waals surface area (Å²) in [6, 6.07) is 0. The third kappa shape index (κ3) is 1.34. The van der Waals surface area contributed by atoms with Crippen molar-refractivity contribution in [3.05, 3.63) is 11.9 Å². The van der Waals surface area contributed by atoms with Crippen molar-refractivity contribution in [2.24, 2.45) is 5.41 Å². The van der Waals surface area contributed by atoms with Crippen molar-refractivity contribution < 1.29 is 5.11 Å². The molecule has 0 aliphatic heterocycles. The van der Waals surface area contributed by atoms with Crippen LogP contribution in [-0.4, -0.2) is 20.5 Å². The molecule has 0 spiro atoms. The molecule has 0 aliphatic carbocycles. The van der Waals surface area contributed by atoms with Gasteiger partial charge in [0, 0.05) is 0 Å². The highest BCUT2D eigenvalue weighted by Crippen LogP contribution is 2.37. The van der Waals surface area contributed by atoms with Crippen molar-refractivity contribution in [2.45, 2.75) is 33.3 Å². The molecular formula is C8H15N3O. The molecule has 1 atom stereocenters. The first kappa shape index (κ1) is 9.19. The first-order valence-electron chi connectivity index (χ1n) is 3.94. The molecule has 0 fully saturated rings. The highest BCUT2D eigenvalue weighted by atomic mass is 16.3. The lowest BCUT2D eigenvalue weighted by molar-refractivity contribution is -0.0507. The Hall–Kier alpha value is -0.900. The van der Waals surface area contributed by atoms with Gasteiger partial charge in [0.2, 0.25) is 0 Å². The van der Waals surface area contributed by atoms with E-state index in [4.69, 9.17) is 0 Å². The topological polar surface area (TPSA) is 61.8 Å². The standard InChI is InChI=1S/C8H15N3O/c1-7(2,3)8(4,12)6-5-9-11-10-6/h5,12H,1-4H3,(H,9,10,11). The molecular weight excluding hydrogens is 154 g/mol. The van der Waals surface area contributed by atoms with Crippen LogP contribution < -0.4 is 0 Å². The molecule has 1 aromatic heterocycles. The van der Waals surface area contributed by atoms with E-state index < -0.39 is 5.60 Å². The van der Waals surface area contributed by atoms with Crippen LogP contribution in [0, 0.1) is 5.41 Å². The summed E-state index contributed by atoms with van der Waals surface area (Å²) in [6.45, 7) is 7.62. The monoisotopic (exact) mass is 169 g/mol. The van der Waals surface area contributed by atoms with E-state index in [-0.39, 0.29) is 5.41 Å². The summed E-state index contributed by atoms with van der Waals surface area (Å²) in [7, 11) is 0. The molecule has 0 saturated carbocycles. The summed E-state index contributed by atoms with van der Waals surface area (Å²) < 4.78 is 0. The second-order valence-electron chi connectivity index (χ2n) is 4.18. The van der Waals surface area contributed by atoms with Crippen molar-refractivity contribution in [1.29, 1.82) is 0 Å². The van der Waals surface area contributed by atoms with E-state index in [0.717, 1.165) is 0 Å². The van der Waals surface area contributed by atoms with Crippen LogP contribution in [0.3, 0.4) is 0 Å². The van der Waals surface area contributed by atoms with Crippen LogP contribution in [0.15, 0.2) is 6.20 Å². The Bertz CT molecular complexity index is 246. The Balaban J connectivity index is 3.02. The first-order chi connectivity index (χ1) is 5.36. The average molecular weight is 169 g/mol. The lowest BCUT2D eigenvalue weighted by Crippen LogP contribution is -2.37. The number of nitrogens with zero attached hydrogens (tertiary/aromatic N) is 2. The number of hydrogen-bond acceptors (Lipinski definition) is 3. The van der Waals surface area contributed by atoms with Crippen LogP contribution in [0.25, 0.3) is 0 Å². The molecule has 2 N–H and O–H groups in total. The van der Waals surface area contributed by atoms with E-state index in [1.54, 1.807) is 13.1 Å². The predicted octanol–water partition coefficient (Wildman–Crippen LogP) is 1.06. The number of aromatic nitrogens is 3. The summed E-state index contributed by atoms with van der Waals surface area (Å²) in [5.74, 6) is 0. The van der Waals surface area contributed by atoms with Crippen molar-refractivity contribution in [3.8, 4) is 0 Å². The molecule has 4 nitrogen and oxygen atoms in total. The molecule has 0 saturated heterocycles. The second kappa shape index (κ2) is 2.55. The predicted molar refractivity (Wildman–Crippen MR) is 45.4 cm³/mol. The van der Waals surface area contributed by atoms with Gasteiger partial charge in [0.15, 0.2) is 0 Å². The Kier molecular flexibility index (Phi) is 1.96. The summed E-state index contributed by atoms with van der Waals surface area (Å²) in [5, 5.41) is 20.1. The quantitative estimate of drug-likeness (QED) is 0.660. The van der Waals surface area contributed by atoms with E-state index in [0.29, 0.717) is 5.69 Å². The highest BCUT2D eigenvalue weighted by Gasteiger charge is 2.38. The number of aromatic amines is 1. The first-order valence-corrected chi connectivity index (χ1v) is 3.94. The minimum absolute atomic E-state index is 0.246. The molecule has 1 unspecified atom stereocenters. The smallest absolute Gasteiger partial charge is 0.114 e. The van der Waals surface area contributed by atoms with Gasteiger partial charge in [-0.05, 0) is 12.3 Å². The largest absolute Gasteiger partial charge is 0.383 e. The lowest BCUT2D eigenvalue weighted by atomic mass is 9.76. The summed E-state index contributed by atoms with van der Waals surface area (Å²) in [6.07, 6.45) is 1.55. The number of hydrogen-bond donors (Lipinski definition) is 2. The molecule has 0 amide bonds. The van der Waals surface area contributed by atoms with Crippen molar-refractivity contribution in [2.75, 3.05) is 0 Å². The van der Waals surface area contributed by atoms with Crippen LogP contribution in [0.5, 0.6) is 0 Å². The Morgan fingerprint density at radius 3 is 2.25 bits per heavy atom. The Morgan fingerprint density at radius 1 is 1.33 bits per heavy atom. The second-order valence-corrected chi connectivity index (χ2v) is 4.18. The van der Waals surface area contributed by atoms with Crippen LogP contribution in [-0.2, 0) is 5.60 Å². The van der Waals surface area contributed by atoms with Crippen LogP contribution >= 0.6 is 0 Å². The molecule has 0 aliphatic rings. The normalized spacial score (nSPS) is 17.4. The molecule has 0 bridgehead atoms. The van der Waals surface area contributed by atoms with Crippen LogP contribution in [0.4, 0.5) is 0 Å². The highest BCUT2D eigenvalue weighted by molar-refractivity contribution is 5.08.